The van der Waals surface area contributed by atoms with E-state index < -0.39 is 0 Å². The molecule has 0 aliphatic rings. The van der Waals surface area contributed by atoms with Crippen LogP contribution in [0.4, 0.5) is 11.5 Å². The number of carbonyl (C=O) groups is 1. The highest BCUT2D eigenvalue weighted by Gasteiger charge is 2.13. The molecule has 3 rings (SSSR count). The van der Waals surface area contributed by atoms with Crippen molar-refractivity contribution in [2.75, 3.05) is 38.9 Å². The Morgan fingerprint density at radius 3 is 2.58 bits per heavy atom. The number of carbonyl (C=O) groups excluding carboxylic acids is 1. The largest absolute Gasteiger partial charge is 0.487 e. The Labute approximate surface area is 180 Å². The lowest BCUT2D eigenvalue weighted by molar-refractivity contribution is -0.141. The molecule has 8 heteroatoms. The maximum Gasteiger partial charge on any atom is 0.302 e. The fourth-order valence-corrected chi connectivity index (χ4v) is 2.78. The van der Waals surface area contributed by atoms with Crippen molar-refractivity contribution < 1.29 is 23.7 Å². The van der Waals surface area contributed by atoms with Crippen molar-refractivity contribution in [3.63, 3.8) is 0 Å². The van der Waals surface area contributed by atoms with Gasteiger partial charge in [-0.15, -0.1) is 6.42 Å². The minimum atomic E-state index is -0.365. The van der Waals surface area contributed by atoms with Crippen molar-refractivity contribution in [1.29, 1.82) is 0 Å². The summed E-state index contributed by atoms with van der Waals surface area (Å²) in [5.41, 5.74) is 2.22. The summed E-state index contributed by atoms with van der Waals surface area (Å²) in [5.74, 6) is 3.83. The van der Waals surface area contributed by atoms with E-state index in [1.165, 1.54) is 13.3 Å². The van der Waals surface area contributed by atoms with E-state index in [1.807, 2.05) is 24.3 Å². The second-order valence-corrected chi connectivity index (χ2v) is 6.42. The molecule has 0 amide bonds. The fourth-order valence-electron chi connectivity index (χ4n) is 2.78. The van der Waals surface area contributed by atoms with Crippen molar-refractivity contribution in [2.24, 2.45) is 0 Å². The molecule has 1 aromatic heterocycles. The van der Waals surface area contributed by atoms with Gasteiger partial charge >= 0.3 is 5.97 Å². The van der Waals surface area contributed by atoms with Crippen LogP contribution in [0.15, 0.2) is 42.7 Å². The first-order chi connectivity index (χ1) is 15.1. The van der Waals surface area contributed by atoms with Crippen LogP contribution in [0.1, 0.15) is 12.5 Å². The zero-order chi connectivity index (χ0) is 22.1. The molecule has 31 heavy (non-hydrogen) atoms. The van der Waals surface area contributed by atoms with Crippen molar-refractivity contribution in [3.05, 3.63) is 48.3 Å². The predicted octanol–water partition coefficient (Wildman–Crippen LogP) is 3.32. The molecule has 0 saturated heterocycles. The van der Waals surface area contributed by atoms with E-state index in [-0.39, 0.29) is 19.2 Å². The Morgan fingerprint density at radius 1 is 1.06 bits per heavy atom. The number of ether oxygens (including phenoxy) is 4. The summed E-state index contributed by atoms with van der Waals surface area (Å²) in [6, 6.07) is 11.0. The molecule has 0 spiro atoms. The minimum Gasteiger partial charge on any atom is -0.487 e. The third-order valence-corrected chi connectivity index (χ3v) is 4.18. The number of benzene rings is 2. The predicted molar refractivity (Wildman–Crippen MR) is 117 cm³/mol. The highest BCUT2D eigenvalue weighted by Crippen LogP contribution is 2.35. The first kappa shape index (κ1) is 21.9. The van der Waals surface area contributed by atoms with E-state index in [1.54, 1.807) is 19.2 Å². The normalized spacial score (nSPS) is 10.4. The quantitative estimate of drug-likeness (QED) is 0.303. The van der Waals surface area contributed by atoms with Gasteiger partial charge in [-0.05, 0) is 24.3 Å². The van der Waals surface area contributed by atoms with Gasteiger partial charge in [0.2, 0.25) is 0 Å². The number of methoxy groups -OCH3 is 1. The molecule has 0 aliphatic heterocycles. The molecule has 1 heterocycles. The fraction of sp³-hybridized carbons (Fsp3) is 0.261. The van der Waals surface area contributed by atoms with Gasteiger partial charge in [-0.25, -0.2) is 9.97 Å². The first-order valence-electron chi connectivity index (χ1n) is 9.61. The van der Waals surface area contributed by atoms with Gasteiger partial charge in [0.15, 0.2) is 11.5 Å². The van der Waals surface area contributed by atoms with Gasteiger partial charge in [-0.1, -0.05) is 12.0 Å². The van der Waals surface area contributed by atoms with Crippen LogP contribution in [0.5, 0.6) is 11.5 Å². The average Bonchev–Trinajstić information content (AvgIpc) is 2.77. The summed E-state index contributed by atoms with van der Waals surface area (Å²) in [7, 11) is 1.60. The van der Waals surface area contributed by atoms with Crippen LogP contribution in [0.3, 0.4) is 0 Å². The molecule has 2 aromatic carbocycles. The number of terminal acetylenes is 1. The van der Waals surface area contributed by atoms with Crippen LogP contribution >= 0.6 is 0 Å². The minimum absolute atomic E-state index is 0.132. The smallest absolute Gasteiger partial charge is 0.302 e. The van der Waals surface area contributed by atoms with E-state index >= 15 is 0 Å². The van der Waals surface area contributed by atoms with Crippen molar-refractivity contribution in [3.8, 4) is 23.8 Å². The van der Waals surface area contributed by atoms with Crippen molar-refractivity contribution in [1.82, 2.24) is 9.97 Å². The number of aromatic nitrogens is 2. The van der Waals surface area contributed by atoms with E-state index in [2.05, 4.69) is 21.2 Å². The molecule has 0 aliphatic carbocycles. The summed E-state index contributed by atoms with van der Waals surface area (Å²) < 4.78 is 21.6. The van der Waals surface area contributed by atoms with Gasteiger partial charge in [0.1, 0.15) is 32.0 Å². The van der Waals surface area contributed by atoms with Crippen LogP contribution in [0, 0.1) is 12.3 Å². The number of hydrogen-bond donors (Lipinski definition) is 1. The number of esters is 1. The second kappa shape index (κ2) is 10.8. The monoisotopic (exact) mass is 421 g/mol. The summed E-state index contributed by atoms with van der Waals surface area (Å²) in [4.78, 5) is 19.7. The summed E-state index contributed by atoms with van der Waals surface area (Å²) in [5, 5.41) is 4.02. The van der Waals surface area contributed by atoms with Crippen molar-refractivity contribution >= 4 is 28.4 Å². The Balaban J connectivity index is 1.91. The topological polar surface area (TPSA) is 91.8 Å². The molecule has 1 N–H and O–H groups in total. The SMILES string of the molecule is C#Cc1cccc(Nc2ncnc3cc(OCCOC(C)=O)c(OCCOC)cc23)c1. The first-order valence-corrected chi connectivity index (χ1v) is 9.61. The number of nitrogens with one attached hydrogen (secondary N) is 1. The van der Waals surface area contributed by atoms with Gasteiger partial charge in [0.05, 0.1) is 12.1 Å². The Hall–Kier alpha value is -3.83. The summed E-state index contributed by atoms with van der Waals surface area (Å²) >= 11 is 0. The third kappa shape index (κ3) is 6.07. The standard InChI is InChI=1S/C23H23N3O5/c1-4-17-6-5-7-18(12-17)26-23-19-13-21(30-9-8-28-3)22(14-20(19)24-15-25-23)31-11-10-29-16(2)27/h1,5-7,12-15H,8-11H2,2-3H3,(H,24,25,26). The molecule has 0 bridgehead atoms. The molecule has 160 valence electrons. The number of hydrogen-bond acceptors (Lipinski definition) is 8. The molecule has 0 atom stereocenters. The highest BCUT2D eigenvalue weighted by atomic mass is 16.6. The summed E-state index contributed by atoms with van der Waals surface area (Å²) in [6.07, 6.45) is 6.95. The lowest BCUT2D eigenvalue weighted by atomic mass is 10.2. The number of fused-ring (bicyclic) bond motifs is 1. The summed E-state index contributed by atoms with van der Waals surface area (Å²) in [6.45, 7) is 2.41. The second-order valence-electron chi connectivity index (χ2n) is 6.42. The molecular weight excluding hydrogens is 398 g/mol. The van der Waals surface area contributed by atoms with Crippen LogP contribution in [-0.4, -0.2) is 49.5 Å². The van der Waals surface area contributed by atoms with E-state index in [4.69, 9.17) is 25.4 Å². The number of nitrogens with zero attached hydrogens (tertiary/aromatic N) is 2. The molecule has 0 unspecified atom stereocenters. The molecule has 0 fully saturated rings. The number of rotatable bonds is 10. The molecule has 8 nitrogen and oxygen atoms in total. The van der Waals surface area contributed by atoms with Gasteiger partial charge in [-0.3, -0.25) is 4.79 Å². The molecule has 0 radical (unpaired) electrons. The van der Waals surface area contributed by atoms with Crippen LogP contribution < -0.4 is 14.8 Å². The lowest BCUT2D eigenvalue weighted by Gasteiger charge is -2.15. The number of anilines is 2. The molecule has 3 aromatic rings. The van der Waals surface area contributed by atoms with E-state index in [9.17, 15) is 4.79 Å². The maximum absolute atomic E-state index is 10.9. The van der Waals surface area contributed by atoms with Crippen molar-refractivity contribution in [2.45, 2.75) is 6.92 Å². The third-order valence-electron chi connectivity index (χ3n) is 4.18. The molecular formula is C23H23N3O5. The van der Waals surface area contributed by atoms with E-state index in [0.717, 1.165) is 16.6 Å². The molecule has 0 saturated carbocycles. The van der Waals surface area contributed by atoms with Crippen LogP contribution in [-0.2, 0) is 14.3 Å². The van der Waals surface area contributed by atoms with Gasteiger partial charge in [-0.2, -0.15) is 0 Å². The van der Waals surface area contributed by atoms with Gasteiger partial charge < -0.3 is 24.3 Å². The van der Waals surface area contributed by atoms with Gasteiger partial charge in [0.25, 0.3) is 0 Å². The Kier molecular flexibility index (Phi) is 7.62. The van der Waals surface area contributed by atoms with Gasteiger partial charge in [0, 0.05) is 36.7 Å². The van der Waals surface area contributed by atoms with Crippen LogP contribution in [0.2, 0.25) is 0 Å². The zero-order valence-electron chi connectivity index (χ0n) is 17.4. The lowest BCUT2D eigenvalue weighted by Crippen LogP contribution is -2.11. The maximum atomic E-state index is 10.9. The van der Waals surface area contributed by atoms with Crippen LogP contribution in [0.25, 0.3) is 10.9 Å². The Bertz CT molecular complexity index is 1090. The average molecular weight is 421 g/mol. The van der Waals surface area contributed by atoms with E-state index in [0.29, 0.717) is 36.0 Å². The highest BCUT2D eigenvalue weighted by molar-refractivity contribution is 5.93. The Morgan fingerprint density at radius 2 is 1.84 bits per heavy atom. The zero-order valence-corrected chi connectivity index (χ0v) is 17.4.